The average Bonchev–Trinajstić information content (AvgIpc) is 3.08. The van der Waals surface area contributed by atoms with Gasteiger partial charge in [0.25, 0.3) is 0 Å². The first-order valence-electron chi connectivity index (χ1n) is 16.7. The number of piperidine rings is 1. The SMILES string of the molecule is Cc1ccc2c(NC(=O)OC(C)(C)C)cccc2c1Oc1ncccc1-c1ccnc(N[C@H]2C[C@@H](C)CN(C(=O)OCc3ccccc3)C2)n1. The first-order valence-corrected chi connectivity index (χ1v) is 16.7. The van der Waals surface area contributed by atoms with E-state index in [0.717, 1.165) is 28.3 Å². The maximum absolute atomic E-state index is 13.0. The Morgan fingerprint density at radius 1 is 0.900 bits per heavy atom. The molecule has 3 aromatic carbocycles. The topological polar surface area (TPSA) is 128 Å². The number of hydrogen-bond donors (Lipinski definition) is 2. The number of likely N-dealkylation sites (tertiary alicyclic amines) is 1. The number of rotatable bonds is 8. The number of aromatic nitrogens is 3. The van der Waals surface area contributed by atoms with Gasteiger partial charge in [-0.1, -0.05) is 61.5 Å². The molecule has 2 aromatic heterocycles. The third-order valence-corrected chi connectivity index (χ3v) is 8.20. The first kappa shape index (κ1) is 34.2. The second-order valence-corrected chi connectivity index (χ2v) is 13.6. The van der Waals surface area contributed by atoms with Crippen LogP contribution in [-0.4, -0.2) is 56.8 Å². The van der Waals surface area contributed by atoms with Crippen LogP contribution in [0.1, 0.15) is 45.2 Å². The summed E-state index contributed by atoms with van der Waals surface area (Å²) < 4.78 is 17.6. The summed E-state index contributed by atoms with van der Waals surface area (Å²) in [6.45, 7) is 10.9. The lowest BCUT2D eigenvalue weighted by atomic mass is 9.96. The molecular formula is C39H42N6O5. The molecule has 0 bridgehead atoms. The zero-order chi connectivity index (χ0) is 35.3. The molecular weight excluding hydrogens is 632 g/mol. The van der Waals surface area contributed by atoms with E-state index in [4.69, 9.17) is 19.2 Å². The number of aryl methyl sites for hydroxylation is 1. The normalized spacial score (nSPS) is 16.1. The van der Waals surface area contributed by atoms with E-state index in [-0.39, 0.29) is 24.7 Å². The van der Waals surface area contributed by atoms with Crippen LogP contribution in [0.25, 0.3) is 22.0 Å². The van der Waals surface area contributed by atoms with Crippen molar-refractivity contribution in [2.45, 2.75) is 59.3 Å². The minimum atomic E-state index is -0.628. The Bertz CT molecular complexity index is 1980. The molecule has 1 fully saturated rings. The van der Waals surface area contributed by atoms with Crippen LogP contribution in [0.3, 0.4) is 0 Å². The Kier molecular flexibility index (Phi) is 10.1. The third-order valence-electron chi connectivity index (χ3n) is 8.20. The smallest absolute Gasteiger partial charge is 0.412 e. The molecule has 0 spiro atoms. The zero-order valence-electron chi connectivity index (χ0n) is 29.0. The molecule has 0 radical (unpaired) electrons. The number of fused-ring (bicyclic) bond motifs is 1. The van der Waals surface area contributed by atoms with Crippen LogP contribution in [0.4, 0.5) is 21.2 Å². The zero-order valence-corrected chi connectivity index (χ0v) is 29.0. The van der Waals surface area contributed by atoms with E-state index in [1.807, 2.05) is 107 Å². The highest BCUT2D eigenvalue weighted by Crippen LogP contribution is 2.38. The van der Waals surface area contributed by atoms with Gasteiger partial charge >= 0.3 is 12.2 Å². The molecule has 0 saturated carbocycles. The summed E-state index contributed by atoms with van der Waals surface area (Å²) in [5, 5.41) is 7.91. The van der Waals surface area contributed by atoms with Crippen molar-refractivity contribution in [3.8, 4) is 22.9 Å². The lowest BCUT2D eigenvalue weighted by Crippen LogP contribution is -2.48. The number of nitrogens with zero attached hydrogens (tertiary/aromatic N) is 4. The number of pyridine rings is 1. The van der Waals surface area contributed by atoms with Crippen molar-refractivity contribution in [2.75, 3.05) is 23.7 Å². The summed E-state index contributed by atoms with van der Waals surface area (Å²) in [4.78, 5) is 41.2. The van der Waals surface area contributed by atoms with E-state index in [0.29, 0.717) is 47.6 Å². The minimum Gasteiger partial charge on any atom is -0.445 e. The maximum atomic E-state index is 13.0. The number of nitrogens with one attached hydrogen (secondary N) is 2. The highest BCUT2D eigenvalue weighted by Gasteiger charge is 2.29. The summed E-state index contributed by atoms with van der Waals surface area (Å²) in [5.74, 6) is 1.68. The molecule has 2 N–H and O–H groups in total. The highest BCUT2D eigenvalue weighted by atomic mass is 16.6. The van der Waals surface area contributed by atoms with Crippen LogP contribution < -0.4 is 15.4 Å². The van der Waals surface area contributed by atoms with Gasteiger partial charge in [-0.05, 0) is 75.4 Å². The number of benzene rings is 3. The number of carbonyl (C=O) groups excluding carboxylic acids is 2. The van der Waals surface area contributed by atoms with Crippen molar-refractivity contribution in [2.24, 2.45) is 5.92 Å². The van der Waals surface area contributed by atoms with E-state index in [1.54, 1.807) is 17.3 Å². The average molecular weight is 675 g/mol. The number of amides is 2. The van der Waals surface area contributed by atoms with Crippen LogP contribution >= 0.6 is 0 Å². The van der Waals surface area contributed by atoms with E-state index >= 15 is 0 Å². The Balaban J connectivity index is 1.19. The van der Waals surface area contributed by atoms with Crippen LogP contribution in [-0.2, 0) is 16.1 Å². The Hall–Kier alpha value is -5.71. The van der Waals surface area contributed by atoms with Crippen molar-refractivity contribution in [1.82, 2.24) is 19.9 Å². The molecule has 6 rings (SSSR count). The van der Waals surface area contributed by atoms with Gasteiger partial charge in [-0.3, -0.25) is 5.32 Å². The largest absolute Gasteiger partial charge is 0.445 e. The predicted octanol–water partition coefficient (Wildman–Crippen LogP) is 8.60. The maximum Gasteiger partial charge on any atom is 0.412 e. The Morgan fingerprint density at radius 3 is 2.52 bits per heavy atom. The minimum absolute atomic E-state index is 0.0651. The standard InChI is InChI=1S/C39H42N6O5/c1-25-21-28(23-45(22-25)38(47)48-24-27-11-7-6-8-12-27)42-36-41-20-18-33(43-36)31-14-10-19-40-35(31)49-34-26(2)16-17-29-30(34)13-9-15-32(29)44-37(46)50-39(3,4)5/h6-20,25,28H,21-24H2,1-5H3,(H,44,46)(H,41,42,43)/t25-,28+/m1/s1. The first-order chi connectivity index (χ1) is 24.0. The van der Waals surface area contributed by atoms with E-state index < -0.39 is 11.7 Å². The number of carbonyl (C=O) groups is 2. The quantitative estimate of drug-likeness (QED) is 0.166. The van der Waals surface area contributed by atoms with Gasteiger partial charge in [-0.25, -0.2) is 24.5 Å². The van der Waals surface area contributed by atoms with Crippen molar-refractivity contribution >= 4 is 34.6 Å². The lowest BCUT2D eigenvalue weighted by molar-refractivity contribution is 0.0635. The monoisotopic (exact) mass is 674 g/mol. The summed E-state index contributed by atoms with van der Waals surface area (Å²) in [6.07, 6.45) is 3.34. The number of hydrogen-bond acceptors (Lipinski definition) is 9. The summed E-state index contributed by atoms with van der Waals surface area (Å²) in [5.41, 5.74) is 3.12. The van der Waals surface area contributed by atoms with Gasteiger partial charge < -0.3 is 24.4 Å². The fourth-order valence-corrected chi connectivity index (χ4v) is 6.04. The Labute approximate surface area is 292 Å². The van der Waals surface area contributed by atoms with Gasteiger partial charge in [0.15, 0.2) is 0 Å². The van der Waals surface area contributed by atoms with E-state index in [9.17, 15) is 9.59 Å². The highest BCUT2D eigenvalue weighted by molar-refractivity contribution is 6.03. The van der Waals surface area contributed by atoms with Crippen LogP contribution in [0, 0.1) is 12.8 Å². The predicted molar refractivity (Wildman–Crippen MR) is 193 cm³/mol. The van der Waals surface area contributed by atoms with Gasteiger partial charge in [-0.15, -0.1) is 0 Å². The van der Waals surface area contributed by atoms with Gasteiger partial charge in [0.2, 0.25) is 11.8 Å². The lowest BCUT2D eigenvalue weighted by Gasteiger charge is -2.36. The second-order valence-electron chi connectivity index (χ2n) is 13.6. The van der Waals surface area contributed by atoms with Gasteiger partial charge in [0, 0.05) is 42.3 Å². The van der Waals surface area contributed by atoms with Crippen LogP contribution in [0.15, 0.2) is 91.3 Å². The van der Waals surface area contributed by atoms with Gasteiger partial charge in [0.05, 0.1) is 16.9 Å². The molecule has 11 nitrogen and oxygen atoms in total. The van der Waals surface area contributed by atoms with Crippen LogP contribution in [0.5, 0.6) is 11.6 Å². The number of anilines is 2. The van der Waals surface area contributed by atoms with Crippen molar-refractivity contribution < 1.29 is 23.8 Å². The summed E-state index contributed by atoms with van der Waals surface area (Å²) in [6, 6.07) is 24.7. The number of ether oxygens (including phenoxy) is 3. The molecule has 5 aromatic rings. The molecule has 0 unspecified atom stereocenters. The molecule has 50 heavy (non-hydrogen) atoms. The van der Waals surface area contributed by atoms with Crippen molar-refractivity contribution in [3.63, 3.8) is 0 Å². The Morgan fingerprint density at radius 2 is 1.72 bits per heavy atom. The summed E-state index contributed by atoms with van der Waals surface area (Å²) >= 11 is 0. The molecule has 1 saturated heterocycles. The fraction of sp³-hybridized carbons (Fsp3) is 0.308. The fourth-order valence-electron chi connectivity index (χ4n) is 6.04. The van der Waals surface area contributed by atoms with Gasteiger partial charge in [0.1, 0.15) is 18.0 Å². The molecule has 0 aliphatic carbocycles. The molecule has 1 aliphatic heterocycles. The molecule has 258 valence electrons. The molecule has 1 aliphatic rings. The molecule has 2 atom stereocenters. The van der Waals surface area contributed by atoms with Gasteiger partial charge in [-0.2, -0.15) is 0 Å². The molecule has 2 amide bonds. The van der Waals surface area contributed by atoms with Crippen molar-refractivity contribution in [3.05, 3.63) is 102 Å². The second kappa shape index (κ2) is 14.8. The third kappa shape index (κ3) is 8.46. The molecule has 11 heteroatoms. The van der Waals surface area contributed by atoms with E-state index in [2.05, 4.69) is 27.5 Å². The van der Waals surface area contributed by atoms with Crippen molar-refractivity contribution in [1.29, 1.82) is 0 Å². The van der Waals surface area contributed by atoms with E-state index in [1.165, 1.54) is 0 Å². The summed E-state index contributed by atoms with van der Waals surface area (Å²) in [7, 11) is 0. The van der Waals surface area contributed by atoms with Crippen LogP contribution in [0.2, 0.25) is 0 Å². The molecule has 3 heterocycles.